The molecule has 0 aliphatic heterocycles. The maximum Gasteiger partial charge on any atom is 0.00556 e. The highest BCUT2D eigenvalue weighted by atomic mass is 15.0. The van der Waals surface area contributed by atoms with Gasteiger partial charge in [-0.25, -0.2) is 0 Å². The highest BCUT2D eigenvalue weighted by Gasteiger charge is 1.72. The maximum atomic E-state index is 2.18. The van der Waals surface area contributed by atoms with Gasteiger partial charge in [0.1, 0.15) is 0 Å². The van der Waals surface area contributed by atoms with Crippen LogP contribution in [-0.4, -0.2) is 19.0 Å². The lowest BCUT2D eigenvalue weighted by molar-refractivity contribution is 0.564. The number of nitrogens with zero attached hydrogens (tertiary/aromatic N) is 1. The van der Waals surface area contributed by atoms with Crippen LogP contribution in [0.1, 0.15) is 19.8 Å². The first-order valence-electron chi connectivity index (χ1n) is 3.77. The molecule has 0 aliphatic rings. The minimum absolute atomic E-state index is 1.18. The molecule has 0 spiro atoms. The second-order valence-electron chi connectivity index (χ2n) is 2.52. The molecule has 10 heavy (non-hydrogen) atoms. The summed E-state index contributed by atoms with van der Waals surface area (Å²) in [6.07, 6.45) is 10.8. The Morgan fingerprint density at radius 2 is 1.90 bits per heavy atom. The van der Waals surface area contributed by atoms with Crippen LogP contribution in [0.4, 0.5) is 0 Å². The predicted molar refractivity (Wildman–Crippen MR) is 46.9 cm³/mol. The Hall–Kier alpha value is -0.720. The fourth-order valence-electron chi connectivity index (χ4n) is 0.563. The van der Waals surface area contributed by atoms with Crippen LogP contribution in [0.3, 0.4) is 0 Å². The van der Waals surface area contributed by atoms with E-state index in [9.17, 15) is 0 Å². The zero-order chi connectivity index (χ0) is 7.82. The molecule has 0 heterocycles. The Morgan fingerprint density at radius 3 is 2.40 bits per heavy atom. The SMILES string of the molecule is CCC/C=C\C=C/N(C)C. The molecule has 0 aliphatic carbocycles. The summed E-state index contributed by atoms with van der Waals surface area (Å²) in [7, 11) is 4.04. The van der Waals surface area contributed by atoms with Gasteiger partial charge in [-0.05, 0) is 18.7 Å². The molecule has 0 saturated carbocycles. The topological polar surface area (TPSA) is 3.24 Å². The average molecular weight is 139 g/mol. The van der Waals surface area contributed by atoms with E-state index in [4.69, 9.17) is 0 Å². The molecule has 0 aromatic carbocycles. The predicted octanol–water partition coefficient (Wildman–Crippen LogP) is 2.42. The second kappa shape index (κ2) is 6.40. The van der Waals surface area contributed by atoms with Crippen molar-refractivity contribution in [3.05, 3.63) is 24.4 Å². The van der Waals surface area contributed by atoms with Crippen molar-refractivity contribution in [3.63, 3.8) is 0 Å². The van der Waals surface area contributed by atoms with Crippen LogP contribution in [-0.2, 0) is 0 Å². The van der Waals surface area contributed by atoms with Crippen LogP contribution in [0.15, 0.2) is 24.4 Å². The lowest BCUT2D eigenvalue weighted by atomic mass is 10.3. The first kappa shape index (κ1) is 9.28. The molecule has 0 aromatic heterocycles. The molecule has 0 N–H and O–H groups in total. The Labute approximate surface area is 64.0 Å². The van der Waals surface area contributed by atoms with E-state index in [1.54, 1.807) is 0 Å². The third-order valence-corrected chi connectivity index (χ3v) is 1.09. The van der Waals surface area contributed by atoms with Gasteiger partial charge in [-0.15, -0.1) is 0 Å². The third-order valence-electron chi connectivity index (χ3n) is 1.09. The molecule has 1 nitrogen and oxygen atoms in total. The Balaban J connectivity index is 3.32. The van der Waals surface area contributed by atoms with Crippen LogP contribution in [0.25, 0.3) is 0 Å². The van der Waals surface area contributed by atoms with Crippen molar-refractivity contribution in [2.24, 2.45) is 0 Å². The summed E-state index contributed by atoms with van der Waals surface area (Å²) in [5, 5.41) is 0. The van der Waals surface area contributed by atoms with E-state index in [0.29, 0.717) is 0 Å². The standard InChI is InChI=1S/C9H17N/c1-4-5-6-7-8-9-10(2)3/h6-9H,4-5H2,1-3H3/b7-6-,9-8-. The number of unbranched alkanes of at least 4 members (excludes halogenated alkanes) is 1. The largest absolute Gasteiger partial charge is 0.383 e. The number of rotatable bonds is 4. The van der Waals surface area contributed by atoms with Crippen molar-refractivity contribution in [2.45, 2.75) is 19.8 Å². The highest BCUT2D eigenvalue weighted by Crippen LogP contribution is 1.88. The van der Waals surface area contributed by atoms with Gasteiger partial charge in [0.05, 0.1) is 0 Å². The van der Waals surface area contributed by atoms with Gasteiger partial charge in [-0.2, -0.15) is 0 Å². The molecule has 0 bridgehead atoms. The number of hydrogen-bond acceptors (Lipinski definition) is 1. The monoisotopic (exact) mass is 139 g/mol. The molecule has 0 amide bonds. The van der Waals surface area contributed by atoms with Crippen molar-refractivity contribution in [2.75, 3.05) is 14.1 Å². The minimum atomic E-state index is 1.18. The molecular formula is C9H17N. The quantitative estimate of drug-likeness (QED) is 0.541. The van der Waals surface area contributed by atoms with Gasteiger partial charge in [-0.1, -0.05) is 25.5 Å². The van der Waals surface area contributed by atoms with E-state index in [0.717, 1.165) is 0 Å². The molecule has 0 unspecified atom stereocenters. The molecule has 0 rings (SSSR count). The Kier molecular flexibility index (Phi) is 5.94. The summed E-state index contributed by atoms with van der Waals surface area (Å²) in [6.45, 7) is 2.18. The molecule has 58 valence electrons. The van der Waals surface area contributed by atoms with Gasteiger partial charge < -0.3 is 4.90 Å². The summed E-state index contributed by atoms with van der Waals surface area (Å²) >= 11 is 0. The lowest BCUT2D eigenvalue weighted by Crippen LogP contribution is -1.99. The van der Waals surface area contributed by atoms with Crippen molar-refractivity contribution in [1.29, 1.82) is 0 Å². The van der Waals surface area contributed by atoms with Crippen molar-refractivity contribution < 1.29 is 0 Å². The van der Waals surface area contributed by atoms with E-state index in [1.807, 2.05) is 25.2 Å². The minimum Gasteiger partial charge on any atom is -0.383 e. The zero-order valence-corrected chi connectivity index (χ0v) is 7.17. The number of allylic oxidation sites excluding steroid dienone is 3. The van der Waals surface area contributed by atoms with Crippen LogP contribution in [0.2, 0.25) is 0 Å². The summed E-state index contributed by atoms with van der Waals surface area (Å²) in [6, 6.07) is 0. The van der Waals surface area contributed by atoms with Crippen LogP contribution in [0, 0.1) is 0 Å². The average Bonchev–Trinajstić information content (AvgIpc) is 1.87. The molecule has 0 fully saturated rings. The number of hydrogen-bond donors (Lipinski definition) is 0. The van der Waals surface area contributed by atoms with Crippen LogP contribution < -0.4 is 0 Å². The fraction of sp³-hybridized carbons (Fsp3) is 0.556. The maximum absolute atomic E-state index is 2.18. The van der Waals surface area contributed by atoms with Crippen LogP contribution in [0.5, 0.6) is 0 Å². The molecule has 1 heteroatoms. The normalized spacial score (nSPS) is 11.5. The molecule has 0 saturated heterocycles. The first-order chi connectivity index (χ1) is 4.77. The lowest BCUT2D eigenvalue weighted by Gasteiger charge is -2.00. The van der Waals surface area contributed by atoms with E-state index in [1.165, 1.54) is 12.8 Å². The summed E-state index contributed by atoms with van der Waals surface area (Å²) in [4.78, 5) is 2.02. The van der Waals surface area contributed by atoms with Gasteiger partial charge in [0.2, 0.25) is 0 Å². The van der Waals surface area contributed by atoms with Gasteiger partial charge >= 0.3 is 0 Å². The molecule has 0 radical (unpaired) electrons. The smallest absolute Gasteiger partial charge is 0.00556 e. The summed E-state index contributed by atoms with van der Waals surface area (Å²) < 4.78 is 0. The van der Waals surface area contributed by atoms with Gasteiger partial charge in [0.25, 0.3) is 0 Å². The van der Waals surface area contributed by atoms with Crippen molar-refractivity contribution >= 4 is 0 Å². The Bertz CT molecular complexity index is 112. The van der Waals surface area contributed by atoms with E-state index < -0.39 is 0 Å². The summed E-state index contributed by atoms with van der Waals surface area (Å²) in [5.74, 6) is 0. The Morgan fingerprint density at radius 1 is 1.20 bits per heavy atom. The molecule has 0 atom stereocenters. The van der Waals surface area contributed by atoms with Crippen molar-refractivity contribution in [3.8, 4) is 0 Å². The van der Waals surface area contributed by atoms with E-state index in [2.05, 4.69) is 25.2 Å². The van der Waals surface area contributed by atoms with Gasteiger partial charge in [0.15, 0.2) is 0 Å². The molecular weight excluding hydrogens is 122 g/mol. The van der Waals surface area contributed by atoms with Crippen LogP contribution >= 0.6 is 0 Å². The van der Waals surface area contributed by atoms with Gasteiger partial charge in [0, 0.05) is 14.1 Å². The second-order valence-corrected chi connectivity index (χ2v) is 2.52. The van der Waals surface area contributed by atoms with Crippen molar-refractivity contribution in [1.82, 2.24) is 4.90 Å². The van der Waals surface area contributed by atoms with E-state index >= 15 is 0 Å². The fourth-order valence-corrected chi connectivity index (χ4v) is 0.563. The summed E-state index contributed by atoms with van der Waals surface area (Å²) in [5.41, 5.74) is 0. The molecule has 0 aromatic rings. The third kappa shape index (κ3) is 7.28. The van der Waals surface area contributed by atoms with E-state index in [-0.39, 0.29) is 0 Å². The highest BCUT2D eigenvalue weighted by molar-refractivity contribution is 5.01. The van der Waals surface area contributed by atoms with Gasteiger partial charge in [-0.3, -0.25) is 0 Å². The first-order valence-corrected chi connectivity index (χ1v) is 3.77. The zero-order valence-electron chi connectivity index (χ0n) is 7.17.